The Morgan fingerprint density at radius 1 is 1.33 bits per heavy atom. The van der Waals surface area contributed by atoms with E-state index in [1.54, 1.807) is 7.11 Å². The van der Waals surface area contributed by atoms with Crippen molar-refractivity contribution < 1.29 is 9.53 Å². The molecular formula is C13H19IN2O2. The summed E-state index contributed by atoms with van der Waals surface area (Å²) >= 11 is 2.24. The number of aryl methyl sites for hydroxylation is 1. The molecule has 5 heteroatoms. The van der Waals surface area contributed by atoms with E-state index < -0.39 is 0 Å². The van der Waals surface area contributed by atoms with Crippen LogP contribution in [-0.2, 0) is 4.74 Å². The van der Waals surface area contributed by atoms with Crippen LogP contribution in [-0.4, -0.2) is 39.3 Å². The first-order valence-corrected chi connectivity index (χ1v) is 6.97. The van der Waals surface area contributed by atoms with Crippen LogP contribution in [0.2, 0.25) is 0 Å². The minimum absolute atomic E-state index is 0.0264. The number of ether oxygens (including phenoxy) is 1. The van der Waals surface area contributed by atoms with E-state index in [1.165, 1.54) is 5.56 Å². The zero-order chi connectivity index (χ0) is 13.4. The molecular weight excluding hydrogens is 343 g/mol. The molecule has 0 heterocycles. The molecule has 0 aliphatic carbocycles. The molecule has 0 aliphatic rings. The van der Waals surface area contributed by atoms with Gasteiger partial charge in [0.05, 0.1) is 6.61 Å². The van der Waals surface area contributed by atoms with Crippen molar-refractivity contribution in [3.05, 3.63) is 32.9 Å². The zero-order valence-corrected chi connectivity index (χ0v) is 12.9. The Labute approximate surface area is 122 Å². The van der Waals surface area contributed by atoms with Crippen molar-refractivity contribution in [1.82, 2.24) is 10.6 Å². The Balaban J connectivity index is 2.30. The highest BCUT2D eigenvalue weighted by molar-refractivity contribution is 14.1. The van der Waals surface area contributed by atoms with Gasteiger partial charge in [0.15, 0.2) is 0 Å². The highest BCUT2D eigenvalue weighted by Crippen LogP contribution is 2.13. The lowest BCUT2D eigenvalue weighted by Gasteiger charge is -2.07. The van der Waals surface area contributed by atoms with Gasteiger partial charge in [0.25, 0.3) is 5.91 Å². The molecule has 0 saturated heterocycles. The molecule has 2 N–H and O–H groups in total. The van der Waals surface area contributed by atoms with Crippen LogP contribution in [0, 0.1) is 10.5 Å². The van der Waals surface area contributed by atoms with Gasteiger partial charge >= 0.3 is 0 Å². The summed E-state index contributed by atoms with van der Waals surface area (Å²) in [4.78, 5) is 11.8. The molecule has 0 saturated carbocycles. The maximum Gasteiger partial charge on any atom is 0.251 e. The van der Waals surface area contributed by atoms with Crippen LogP contribution in [0.4, 0.5) is 0 Å². The van der Waals surface area contributed by atoms with E-state index in [9.17, 15) is 4.79 Å². The molecule has 4 nitrogen and oxygen atoms in total. The second-order valence-corrected chi connectivity index (χ2v) is 5.12. The summed E-state index contributed by atoms with van der Waals surface area (Å²) in [6.45, 7) is 4.88. The summed E-state index contributed by atoms with van der Waals surface area (Å²) in [7, 11) is 1.67. The van der Waals surface area contributed by atoms with Gasteiger partial charge in [-0.1, -0.05) is 6.07 Å². The minimum Gasteiger partial charge on any atom is -0.383 e. The molecule has 0 spiro atoms. The highest BCUT2D eigenvalue weighted by Gasteiger charge is 2.05. The maximum atomic E-state index is 11.8. The normalized spacial score (nSPS) is 10.4. The van der Waals surface area contributed by atoms with Gasteiger partial charge in [-0.25, -0.2) is 0 Å². The van der Waals surface area contributed by atoms with Gasteiger partial charge in [-0.2, -0.15) is 0 Å². The predicted octanol–water partition coefficient (Wildman–Crippen LogP) is 1.57. The minimum atomic E-state index is -0.0264. The zero-order valence-electron chi connectivity index (χ0n) is 10.8. The van der Waals surface area contributed by atoms with E-state index >= 15 is 0 Å². The van der Waals surface area contributed by atoms with Gasteiger partial charge in [-0.05, 0) is 47.2 Å². The van der Waals surface area contributed by atoms with E-state index in [-0.39, 0.29) is 5.91 Å². The van der Waals surface area contributed by atoms with Crippen molar-refractivity contribution >= 4 is 28.5 Å². The number of carbonyl (C=O) groups excluding carboxylic acids is 1. The lowest BCUT2D eigenvalue weighted by atomic mass is 10.1. The van der Waals surface area contributed by atoms with Gasteiger partial charge in [-0.15, -0.1) is 0 Å². The molecule has 0 atom stereocenters. The smallest absolute Gasteiger partial charge is 0.251 e. The van der Waals surface area contributed by atoms with E-state index in [0.717, 1.165) is 16.7 Å². The number of benzene rings is 1. The van der Waals surface area contributed by atoms with Crippen LogP contribution in [0.25, 0.3) is 0 Å². The average molecular weight is 362 g/mol. The maximum absolute atomic E-state index is 11.8. The van der Waals surface area contributed by atoms with Gasteiger partial charge < -0.3 is 15.4 Å². The summed E-state index contributed by atoms with van der Waals surface area (Å²) in [5, 5.41) is 6.05. The third kappa shape index (κ3) is 5.32. The number of amides is 1. The van der Waals surface area contributed by atoms with Crippen molar-refractivity contribution in [3.8, 4) is 0 Å². The molecule has 0 aliphatic heterocycles. The molecule has 1 rings (SSSR count). The molecule has 0 radical (unpaired) electrons. The van der Waals surface area contributed by atoms with Crippen LogP contribution >= 0.6 is 22.6 Å². The van der Waals surface area contributed by atoms with Gasteiger partial charge in [0.1, 0.15) is 0 Å². The quantitative estimate of drug-likeness (QED) is 0.572. The molecule has 100 valence electrons. The van der Waals surface area contributed by atoms with Crippen molar-refractivity contribution in [2.75, 3.05) is 33.4 Å². The standard InChI is InChI=1S/C13H19IN2O2/c1-10-3-4-11(9-12(10)14)13(17)16-6-5-15-7-8-18-2/h3-4,9,15H,5-8H2,1-2H3,(H,16,17). The fourth-order valence-corrected chi connectivity index (χ4v) is 1.92. The third-order valence-corrected chi connectivity index (χ3v) is 3.67. The van der Waals surface area contributed by atoms with Crippen molar-refractivity contribution in [2.45, 2.75) is 6.92 Å². The lowest BCUT2D eigenvalue weighted by molar-refractivity contribution is 0.0953. The molecule has 0 bridgehead atoms. The molecule has 1 amide bonds. The SMILES string of the molecule is COCCNCCNC(=O)c1ccc(C)c(I)c1. The van der Waals surface area contributed by atoms with Crippen LogP contribution in [0.5, 0.6) is 0 Å². The number of hydrogen-bond acceptors (Lipinski definition) is 3. The monoisotopic (exact) mass is 362 g/mol. The van der Waals surface area contributed by atoms with Gasteiger partial charge in [-0.3, -0.25) is 4.79 Å². The average Bonchev–Trinajstić information content (AvgIpc) is 2.36. The number of methoxy groups -OCH3 is 1. The Morgan fingerprint density at radius 3 is 2.78 bits per heavy atom. The summed E-state index contributed by atoms with van der Waals surface area (Å²) < 4.78 is 6.02. The molecule has 0 unspecified atom stereocenters. The third-order valence-electron chi connectivity index (χ3n) is 2.50. The van der Waals surface area contributed by atoms with E-state index in [2.05, 4.69) is 33.2 Å². The second kappa shape index (κ2) is 8.44. The van der Waals surface area contributed by atoms with Crippen molar-refractivity contribution in [2.24, 2.45) is 0 Å². The number of hydrogen-bond donors (Lipinski definition) is 2. The van der Waals surface area contributed by atoms with E-state index in [1.807, 2.05) is 25.1 Å². The molecule has 1 aromatic rings. The van der Waals surface area contributed by atoms with Gasteiger partial charge in [0.2, 0.25) is 0 Å². The van der Waals surface area contributed by atoms with E-state index in [4.69, 9.17) is 4.74 Å². The Hall–Kier alpha value is -0.660. The number of rotatable bonds is 7. The number of carbonyl (C=O) groups is 1. The summed E-state index contributed by atoms with van der Waals surface area (Å²) in [6.07, 6.45) is 0. The molecule has 0 fully saturated rings. The highest BCUT2D eigenvalue weighted by atomic mass is 127. The van der Waals surface area contributed by atoms with Crippen molar-refractivity contribution in [3.63, 3.8) is 0 Å². The first-order chi connectivity index (χ1) is 8.65. The van der Waals surface area contributed by atoms with Crippen molar-refractivity contribution in [1.29, 1.82) is 0 Å². The Bertz CT molecular complexity index is 397. The first-order valence-electron chi connectivity index (χ1n) is 5.89. The summed E-state index contributed by atoms with van der Waals surface area (Å²) in [5.74, 6) is -0.0264. The predicted molar refractivity (Wildman–Crippen MR) is 81.0 cm³/mol. The fourth-order valence-electron chi connectivity index (χ4n) is 1.40. The molecule has 18 heavy (non-hydrogen) atoms. The molecule has 1 aromatic carbocycles. The summed E-state index contributed by atoms with van der Waals surface area (Å²) in [6, 6.07) is 5.72. The lowest BCUT2D eigenvalue weighted by Crippen LogP contribution is -2.33. The fraction of sp³-hybridized carbons (Fsp3) is 0.462. The summed E-state index contributed by atoms with van der Waals surface area (Å²) in [5.41, 5.74) is 1.90. The van der Waals surface area contributed by atoms with Gasteiger partial charge in [0, 0.05) is 35.9 Å². The number of nitrogens with one attached hydrogen (secondary N) is 2. The van der Waals surface area contributed by atoms with Crippen LogP contribution in [0.1, 0.15) is 15.9 Å². The van der Waals surface area contributed by atoms with Crippen LogP contribution < -0.4 is 10.6 Å². The van der Waals surface area contributed by atoms with E-state index in [0.29, 0.717) is 18.7 Å². The van der Waals surface area contributed by atoms with Crippen LogP contribution in [0.3, 0.4) is 0 Å². The Morgan fingerprint density at radius 2 is 2.11 bits per heavy atom. The number of halogens is 1. The first kappa shape index (κ1) is 15.4. The van der Waals surface area contributed by atoms with Crippen LogP contribution in [0.15, 0.2) is 18.2 Å². The largest absolute Gasteiger partial charge is 0.383 e. The second-order valence-electron chi connectivity index (χ2n) is 3.96. The molecule has 0 aromatic heterocycles. The Kier molecular flexibility index (Phi) is 7.22. The topological polar surface area (TPSA) is 50.4 Å².